The number of methoxy groups -OCH3 is 1. The van der Waals surface area contributed by atoms with Crippen LogP contribution in [0.25, 0.3) is 0 Å². The van der Waals surface area contributed by atoms with Crippen LogP contribution in [-0.4, -0.2) is 33.1 Å². The van der Waals surface area contributed by atoms with Crippen molar-refractivity contribution in [1.82, 2.24) is 15.0 Å². The predicted molar refractivity (Wildman–Crippen MR) is 71.8 cm³/mol. The Morgan fingerprint density at radius 3 is 2.90 bits per heavy atom. The van der Waals surface area contributed by atoms with Gasteiger partial charge in [-0.15, -0.1) is 0 Å². The molecule has 2 heterocycles. The van der Waals surface area contributed by atoms with Crippen LogP contribution in [0.4, 0.5) is 5.95 Å². The minimum absolute atomic E-state index is 0.0983. The lowest BCUT2D eigenvalue weighted by atomic mass is 10.2. The van der Waals surface area contributed by atoms with Gasteiger partial charge in [-0.05, 0) is 18.6 Å². The Hall–Kier alpha value is -2.70. The summed E-state index contributed by atoms with van der Waals surface area (Å²) in [6, 6.07) is 3.64. The maximum Gasteiger partial charge on any atom is 0.339 e. The lowest BCUT2D eigenvalue weighted by Crippen LogP contribution is -2.08. The summed E-state index contributed by atoms with van der Waals surface area (Å²) in [4.78, 5) is 22.9. The van der Waals surface area contributed by atoms with Crippen molar-refractivity contribution in [3.05, 3.63) is 41.3 Å². The van der Waals surface area contributed by atoms with E-state index in [0.29, 0.717) is 24.1 Å². The summed E-state index contributed by atoms with van der Waals surface area (Å²) in [7, 11) is 1.55. The number of anilines is 1. The average molecular weight is 274 g/mol. The summed E-state index contributed by atoms with van der Waals surface area (Å²) < 4.78 is 5.03. The van der Waals surface area contributed by atoms with Crippen molar-refractivity contribution in [2.75, 3.05) is 12.4 Å². The third kappa shape index (κ3) is 3.19. The third-order valence-electron chi connectivity index (χ3n) is 2.67. The zero-order valence-corrected chi connectivity index (χ0v) is 11.1. The van der Waals surface area contributed by atoms with E-state index in [1.165, 1.54) is 6.20 Å². The zero-order valence-electron chi connectivity index (χ0n) is 11.1. The second kappa shape index (κ2) is 5.96. The summed E-state index contributed by atoms with van der Waals surface area (Å²) in [5.74, 6) is -0.126. The minimum atomic E-state index is -1.03. The van der Waals surface area contributed by atoms with Gasteiger partial charge in [-0.25, -0.2) is 19.7 Å². The van der Waals surface area contributed by atoms with E-state index >= 15 is 0 Å². The molecular formula is C13H14N4O3. The lowest BCUT2D eigenvalue weighted by Gasteiger charge is -2.07. The number of rotatable bonds is 5. The minimum Gasteiger partial charge on any atom is -0.481 e. The van der Waals surface area contributed by atoms with Crippen LogP contribution >= 0.6 is 0 Å². The van der Waals surface area contributed by atoms with E-state index in [-0.39, 0.29) is 5.56 Å². The number of pyridine rings is 1. The number of carboxylic acid groups (broad SMARTS) is 1. The first-order valence-corrected chi connectivity index (χ1v) is 5.90. The van der Waals surface area contributed by atoms with Crippen LogP contribution < -0.4 is 10.1 Å². The molecule has 2 aromatic rings. The number of hydrogen-bond acceptors (Lipinski definition) is 6. The van der Waals surface area contributed by atoms with Crippen LogP contribution in [0.2, 0.25) is 0 Å². The van der Waals surface area contributed by atoms with Crippen molar-refractivity contribution < 1.29 is 14.6 Å². The first-order valence-electron chi connectivity index (χ1n) is 5.90. The van der Waals surface area contributed by atoms with E-state index < -0.39 is 5.97 Å². The smallest absolute Gasteiger partial charge is 0.339 e. The second-order valence-electron chi connectivity index (χ2n) is 4.06. The van der Waals surface area contributed by atoms with Gasteiger partial charge in [0, 0.05) is 25.0 Å². The van der Waals surface area contributed by atoms with Crippen molar-refractivity contribution in [3.8, 4) is 5.88 Å². The summed E-state index contributed by atoms with van der Waals surface area (Å²) in [6.07, 6.45) is 2.94. The number of nitrogens with zero attached hydrogens (tertiary/aromatic N) is 3. The van der Waals surface area contributed by atoms with E-state index in [0.717, 1.165) is 5.56 Å². The zero-order chi connectivity index (χ0) is 14.5. The van der Waals surface area contributed by atoms with E-state index in [9.17, 15) is 4.79 Å². The van der Waals surface area contributed by atoms with Crippen molar-refractivity contribution in [2.45, 2.75) is 13.5 Å². The normalized spacial score (nSPS) is 10.1. The number of carboxylic acids is 1. The fourth-order valence-corrected chi connectivity index (χ4v) is 1.62. The molecule has 2 rings (SSSR count). The molecule has 0 saturated carbocycles. The molecule has 0 saturated heterocycles. The summed E-state index contributed by atoms with van der Waals surface area (Å²) in [5, 5.41) is 11.9. The van der Waals surface area contributed by atoms with Crippen LogP contribution in [0.5, 0.6) is 5.88 Å². The topological polar surface area (TPSA) is 97.2 Å². The van der Waals surface area contributed by atoms with Crippen LogP contribution in [0.1, 0.15) is 21.6 Å². The highest BCUT2D eigenvalue weighted by atomic mass is 16.5. The lowest BCUT2D eigenvalue weighted by molar-refractivity contribution is 0.0695. The third-order valence-corrected chi connectivity index (χ3v) is 2.67. The maximum absolute atomic E-state index is 10.9. The van der Waals surface area contributed by atoms with Gasteiger partial charge in [0.1, 0.15) is 0 Å². The van der Waals surface area contributed by atoms with Gasteiger partial charge in [-0.2, -0.15) is 0 Å². The van der Waals surface area contributed by atoms with Gasteiger partial charge >= 0.3 is 5.97 Å². The molecule has 0 fully saturated rings. The molecule has 0 atom stereocenters. The standard InChI is InChI=1S/C13H14N4O3/c1-8-10(12(18)19)7-16-13(17-8)15-6-9-3-4-14-11(5-9)20-2/h3-5,7H,6H2,1-2H3,(H,18,19)(H,15,16,17). The molecule has 0 aromatic carbocycles. The Morgan fingerprint density at radius 2 is 2.25 bits per heavy atom. The molecule has 0 unspecified atom stereocenters. The molecule has 0 bridgehead atoms. The molecule has 0 radical (unpaired) electrons. The first kappa shape index (κ1) is 13.7. The van der Waals surface area contributed by atoms with Crippen LogP contribution in [0.15, 0.2) is 24.5 Å². The molecular weight excluding hydrogens is 260 g/mol. The van der Waals surface area contributed by atoms with E-state index in [2.05, 4.69) is 20.3 Å². The maximum atomic E-state index is 10.9. The number of aromatic nitrogens is 3. The molecule has 104 valence electrons. The molecule has 0 aliphatic rings. The van der Waals surface area contributed by atoms with Gasteiger partial charge < -0.3 is 15.2 Å². The summed E-state index contributed by atoms with van der Waals surface area (Å²) in [6.45, 7) is 2.12. The quantitative estimate of drug-likeness (QED) is 0.852. The molecule has 2 aromatic heterocycles. The fraction of sp³-hybridized carbons (Fsp3) is 0.231. The summed E-state index contributed by atoms with van der Waals surface area (Å²) in [5.41, 5.74) is 1.48. The Bertz CT molecular complexity index is 631. The van der Waals surface area contributed by atoms with E-state index in [1.807, 2.05) is 6.07 Å². The van der Waals surface area contributed by atoms with Gasteiger partial charge in [0.2, 0.25) is 11.8 Å². The van der Waals surface area contributed by atoms with Gasteiger partial charge in [-0.3, -0.25) is 0 Å². The van der Waals surface area contributed by atoms with Crippen molar-refractivity contribution >= 4 is 11.9 Å². The molecule has 0 amide bonds. The summed E-state index contributed by atoms with van der Waals surface area (Å²) >= 11 is 0. The number of ether oxygens (including phenoxy) is 1. The number of aryl methyl sites for hydroxylation is 1. The van der Waals surface area contributed by atoms with Crippen LogP contribution in [0, 0.1) is 6.92 Å². The number of hydrogen-bond donors (Lipinski definition) is 2. The van der Waals surface area contributed by atoms with Crippen LogP contribution in [0.3, 0.4) is 0 Å². The van der Waals surface area contributed by atoms with Crippen molar-refractivity contribution in [1.29, 1.82) is 0 Å². The van der Waals surface area contributed by atoms with Crippen molar-refractivity contribution in [2.24, 2.45) is 0 Å². The number of nitrogens with one attached hydrogen (secondary N) is 1. The van der Waals surface area contributed by atoms with Crippen LogP contribution in [-0.2, 0) is 6.54 Å². The Kier molecular flexibility index (Phi) is 4.09. The Balaban J connectivity index is 2.07. The molecule has 20 heavy (non-hydrogen) atoms. The highest BCUT2D eigenvalue weighted by molar-refractivity contribution is 5.88. The monoisotopic (exact) mass is 274 g/mol. The van der Waals surface area contributed by atoms with Crippen molar-refractivity contribution in [3.63, 3.8) is 0 Å². The van der Waals surface area contributed by atoms with E-state index in [1.54, 1.807) is 26.3 Å². The number of carbonyl (C=O) groups is 1. The molecule has 0 aliphatic heterocycles. The number of aromatic carboxylic acids is 1. The highest BCUT2D eigenvalue weighted by Gasteiger charge is 2.09. The Morgan fingerprint density at radius 1 is 1.45 bits per heavy atom. The van der Waals surface area contributed by atoms with Gasteiger partial charge in [-0.1, -0.05) is 0 Å². The first-order chi connectivity index (χ1) is 9.60. The second-order valence-corrected chi connectivity index (χ2v) is 4.06. The SMILES string of the molecule is COc1cc(CNc2ncc(C(=O)O)c(C)n2)ccn1. The Labute approximate surface area is 115 Å². The average Bonchev–Trinajstić information content (AvgIpc) is 2.45. The largest absolute Gasteiger partial charge is 0.481 e. The van der Waals surface area contributed by atoms with Gasteiger partial charge in [0.05, 0.1) is 18.4 Å². The highest BCUT2D eigenvalue weighted by Crippen LogP contribution is 2.11. The molecule has 0 spiro atoms. The molecule has 2 N–H and O–H groups in total. The fourth-order valence-electron chi connectivity index (χ4n) is 1.62. The van der Waals surface area contributed by atoms with Gasteiger partial charge in [0.15, 0.2) is 0 Å². The predicted octanol–water partition coefficient (Wildman–Crippen LogP) is 1.50. The van der Waals surface area contributed by atoms with Gasteiger partial charge in [0.25, 0.3) is 0 Å². The molecule has 7 nitrogen and oxygen atoms in total. The molecule has 7 heteroatoms. The molecule has 0 aliphatic carbocycles. The van der Waals surface area contributed by atoms with E-state index in [4.69, 9.17) is 9.84 Å².